The van der Waals surface area contributed by atoms with Crippen LogP contribution in [0.25, 0.3) is 0 Å². The number of piperidine rings is 1. The first-order valence-corrected chi connectivity index (χ1v) is 8.28. The maximum Gasteiger partial charge on any atom is 0.246 e. The van der Waals surface area contributed by atoms with E-state index < -0.39 is 10.0 Å². The summed E-state index contributed by atoms with van der Waals surface area (Å²) in [5.41, 5.74) is 0. The second-order valence-electron chi connectivity index (χ2n) is 4.99. The fourth-order valence-corrected chi connectivity index (χ4v) is 3.74. The number of aromatic amines is 1. The molecule has 2 heterocycles. The molecule has 0 spiro atoms. The number of H-pyrrole nitrogens is 1. The first kappa shape index (κ1) is 14.5. The van der Waals surface area contributed by atoms with E-state index in [-0.39, 0.29) is 4.90 Å². The van der Waals surface area contributed by atoms with E-state index in [4.69, 9.17) is 0 Å². The van der Waals surface area contributed by atoms with Gasteiger partial charge in [-0.25, -0.2) is 8.42 Å². The highest BCUT2D eigenvalue weighted by Crippen LogP contribution is 2.22. The largest absolute Gasteiger partial charge is 0.316 e. The van der Waals surface area contributed by atoms with Gasteiger partial charge in [0.2, 0.25) is 10.0 Å². The highest BCUT2D eigenvalue weighted by molar-refractivity contribution is 7.89. The van der Waals surface area contributed by atoms with Gasteiger partial charge in [-0.2, -0.15) is 9.40 Å². The summed E-state index contributed by atoms with van der Waals surface area (Å²) in [4.78, 5) is 0.259. The smallest absolute Gasteiger partial charge is 0.246 e. The van der Waals surface area contributed by atoms with Crippen LogP contribution in [0.5, 0.6) is 0 Å². The summed E-state index contributed by atoms with van der Waals surface area (Å²) >= 11 is 0. The summed E-state index contributed by atoms with van der Waals surface area (Å²) in [5, 5.41) is 9.66. The van der Waals surface area contributed by atoms with Crippen molar-refractivity contribution >= 4 is 10.0 Å². The van der Waals surface area contributed by atoms with Crippen LogP contribution in [0, 0.1) is 5.92 Å². The summed E-state index contributed by atoms with van der Waals surface area (Å²) in [7, 11) is -3.35. The van der Waals surface area contributed by atoms with Gasteiger partial charge in [-0.1, -0.05) is 6.92 Å². The van der Waals surface area contributed by atoms with Crippen molar-refractivity contribution in [1.29, 1.82) is 0 Å². The minimum atomic E-state index is -3.35. The normalized spacial score (nSPS) is 18.8. The molecule has 6 nitrogen and oxygen atoms in total. The maximum atomic E-state index is 12.3. The molecule has 0 amide bonds. The lowest BCUT2D eigenvalue weighted by atomic mass is 9.98. The van der Waals surface area contributed by atoms with Crippen LogP contribution in [0.1, 0.15) is 26.2 Å². The van der Waals surface area contributed by atoms with Crippen molar-refractivity contribution in [2.45, 2.75) is 31.1 Å². The molecule has 0 bridgehead atoms. The molecule has 19 heavy (non-hydrogen) atoms. The highest BCUT2D eigenvalue weighted by Gasteiger charge is 2.29. The van der Waals surface area contributed by atoms with Crippen molar-refractivity contribution in [3.05, 3.63) is 12.4 Å². The quantitative estimate of drug-likeness (QED) is 0.759. The third-order valence-corrected chi connectivity index (χ3v) is 5.41. The van der Waals surface area contributed by atoms with E-state index in [1.807, 2.05) is 0 Å². The molecule has 1 aromatic heterocycles. The number of aromatic nitrogens is 2. The van der Waals surface area contributed by atoms with Gasteiger partial charge in [-0.3, -0.25) is 5.10 Å². The van der Waals surface area contributed by atoms with Crippen molar-refractivity contribution in [1.82, 2.24) is 19.8 Å². The second kappa shape index (κ2) is 6.49. The number of nitrogens with zero attached hydrogens (tertiary/aromatic N) is 2. The zero-order chi connectivity index (χ0) is 13.7. The summed E-state index contributed by atoms with van der Waals surface area (Å²) < 4.78 is 26.1. The third-order valence-electron chi connectivity index (χ3n) is 3.54. The van der Waals surface area contributed by atoms with Gasteiger partial charge in [0.1, 0.15) is 4.90 Å². The molecule has 2 rings (SSSR count). The van der Waals surface area contributed by atoms with Gasteiger partial charge in [0.05, 0.1) is 6.20 Å². The average molecular weight is 286 g/mol. The summed E-state index contributed by atoms with van der Waals surface area (Å²) in [5.74, 6) is 0.586. The van der Waals surface area contributed by atoms with Gasteiger partial charge in [-0.15, -0.1) is 0 Å². The van der Waals surface area contributed by atoms with E-state index in [9.17, 15) is 8.42 Å². The van der Waals surface area contributed by atoms with E-state index in [0.29, 0.717) is 19.0 Å². The highest BCUT2D eigenvalue weighted by atomic mass is 32.2. The molecule has 0 aromatic carbocycles. The Bertz CT molecular complexity index is 464. The molecule has 0 saturated carbocycles. The third kappa shape index (κ3) is 3.55. The molecule has 0 aliphatic carbocycles. The van der Waals surface area contributed by atoms with E-state index in [1.165, 1.54) is 12.4 Å². The van der Waals surface area contributed by atoms with Crippen molar-refractivity contribution in [3.8, 4) is 0 Å². The van der Waals surface area contributed by atoms with Gasteiger partial charge in [0.15, 0.2) is 0 Å². The fraction of sp³-hybridized carbons (Fsp3) is 0.750. The molecule has 1 aromatic rings. The topological polar surface area (TPSA) is 78.1 Å². The Morgan fingerprint density at radius 1 is 1.47 bits per heavy atom. The van der Waals surface area contributed by atoms with Crippen LogP contribution >= 0.6 is 0 Å². The number of hydrogen-bond donors (Lipinski definition) is 2. The van der Waals surface area contributed by atoms with Gasteiger partial charge in [0, 0.05) is 19.3 Å². The van der Waals surface area contributed by atoms with Crippen LogP contribution in [0.15, 0.2) is 17.3 Å². The summed E-state index contributed by atoms with van der Waals surface area (Å²) in [6, 6.07) is 0. The Morgan fingerprint density at radius 2 is 2.21 bits per heavy atom. The number of rotatable bonds is 6. The zero-order valence-corrected chi connectivity index (χ0v) is 12.1. The Labute approximate surface area is 114 Å². The number of hydrogen-bond acceptors (Lipinski definition) is 4. The molecule has 1 fully saturated rings. The van der Waals surface area contributed by atoms with Crippen LogP contribution < -0.4 is 5.32 Å². The molecule has 1 aliphatic heterocycles. The molecule has 0 radical (unpaired) electrons. The van der Waals surface area contributed by atoms with Crippen LogP contribution in [0.2, 0.25) is 0 Å². The Hall–Kier alpha value is -0.920. The molecular weight excluding hydrogens is 264 g/mol. The van der Waals surface area contributed by atoms with Crippen molar-refractivity contribution in [3.63, 3.8) is 0 Å². The van der Waals surface area contributed by atoms with E-state index in [2.05, 4.69) is 22.4 Å². The zero-order valence-electron chi connectivity index (χ0n) is 11.3. The van der Waals surface area contributed by atoms with Crippen molar-refractivity contribution in [2.75, 3.05) is 26.2 Å². The molecule has 0 unspecified atom stereocenters. The van der Waals surface area contributed by atoms with Gasteiger partial charge >= 0.3 is 0 Å². The standard InChI is InChI=1S/C12H22N4O2S/c1-2-5-13-8-11-3-6-16(7-4-11)19(17,18)12-9-14-15-10-12/h9-11,13H,2-8H2,1H3,(H,14,15). The summed E-state index contributed by atoms with van der Waals surface area (Å²) in [6.07, 6.45) is 5.78. The van der Waals surface area contributed by atoms with Crippen LogP contribution in [0.3, 0.4) is 0 Å². The minimum absolute atomic E-state index is 0.259. The SMILES string of the molecule is CCCNCC1CCN(S(=O)(=O)c2cn[nH]c2)CC1. The Balaban J connectivity index is 1.86. The molecule has 2 N–H and O–H groups in total. The van der Waals surface area contributed by atoms with Crippen LogP contribution in [-0.2, 0) is 10.0 Å². The van der Waals surface area contributed by atoms with Gasteiger partial charge in [-0.05, 0) is 38.3 Å². The molecule has 7 heteroatoms. The monoisotopic (exact) mass is 286 g/mol. The number of sulfonamides is 1. The predicted molar refractivity (Wildman–Crippen MR) is 73.2 cm³/mol. The lowest BCUT2D eigenvalue weighted by Gasteiger charge is -2.30. The average Bonchev–Trinajstić information content (AvgIpc) is 2.94. The lowest BCUT2D eigenvalue weighted by molar-refractivity contribution is 0.267. The number of nitrogens with one attached hydrogen (secondary N) is 2. The molecule has 0 atom stereocenters. The van der Waals surface area contributed by atoms with E-state index in [0.717, 1.165) is 32.4 Å². The molecular formula is C12H22N4O2S. The fourth-order valence-electron chi connectivity index (χ4n) is 2.37. The van der Waals surface area contributed by atoms with Gasteiger partial charge in [0.25, 0.3) is 0 Å². The van der Waals surface area contributed by atoms with E-state index in [1.54, 1.807) is 4.31 Å². The van der Waals surface area contributed by atoms with Crippen molar-refractivity contribution < 1.29 is 8.42 Å². The predicted octanol–water partition coefficient (Wildman–Crippen LogP) is 0.810. The molecule has 1 saturated heterocycles. The Morgan fingerprint density at radius 3 is 2.79 bits per heavy atom. The van der Waals surface area contributed by atoms with Gasteiger partial charge < -0.3 is 5.32 Å². The van der Waals surface area contributed by atoms with Crippen molar-refractivity contribution in [2.24, 2.45) is 5.92 Å². The van der Waals surface area contributed by atoms with Crippen LogP contribution in [-0.4, -0.2) is 49.1 Å². The van der Waals surface area contributed by atoms with Crippen LogP contribution in [0.4, 0.5) is 0 Å². The molecule has 1 aliphatic rings. The second-order valence-corrected chi connectivity index (χ2v) is 6.92. The minimum Gasteiger partial charge on any atom is -0.316 e. The lowest BCUT2D eigenvalue weighted by Crippen LogP contribution is -2.40. The summed E-state index contributed by atoms with van der Waals surface area (Å²) in [6.45, 7) is 5.38. The Kier molecular flexibility index (Phi) is 4.95. The maximum absolute atomic E-state index is 12.3. The van der Waals surface area contributed by atoms with E-state index >= 15 is 0 Å². The first-order chi connectivity index (χ1) is 9.14. The molecule has 108 valence electrons. The first-order valence-electron chi connectivity index (χ1n) is 6.84.